The van der Waals surface area contributed by atoms with Crippen LogP contribution >= 0.6 is 0 Å². The van der Waals surface area contributed by atoms with E-state index in [-0.39, 0.29) is 5.91 Å². The molecular formula is C31H31N5O. The van der Waals surface area contributed by atoms with Crippen LogP contribution in [0, 0.1) is 20.8 Å². The summed E-state index contributed by atoms with van der Waals surface area (Å²) in [6.07, 6.45) is 1.95. The molecule has 0 atom stereocenters. The number of aromatic nitrogens is 2. The summed E-state index contributed by atoms with van der Waals surface area (Å²) < 4.78 is 1.97. The second kappa shape index (κ2) is 10.3. The molecular weight excluding hydrogens is 458 g/mol. The van der Waals surface area contributed by atoms with E-state index in [0.717, 1.165) is 50.6 Å². The van der Waals surface area contributed by atoms with Gasteiger partial charge < -0.3 is 16.4 Å². The zero-order valence-electron chi connectivity index (χ0n) is 21.4. The van der Waals surface area contributed by atoms with Crippen molar-refractivity contribution in [2.24, 2.45) is 5.73 Å². The van der Waals surface area contributed by atoms with Crippen LogP contribution in [-0.4, -0.2) is 15.3 Å². The summed E-state index contributed by atoms with van der Waals surface area (Å²) in [5.74, 6) is 0.649. The Morgan fingerprint density at radius 3 is 2.32 bits per heavy atom. The average Bonchev–Trinajstić information content (AvgIpc) is 3.28. The van der Waals surface area contributed by atoms with Crippen LogP contribution in [0.15, 0.2) is 85.1 Å². The van der Waals surface area contributed by atoms with Crippen molar-refractivity contribution < 1.29 is 4.79 Å². The first-order valence-electron chi connectivity index (χ1n) is 12.4. The number of carbonyl (C=O) groups is 1. The molecule has 4 N–H and O–H groups in total. The van der Waals surface area contributed by atoms with Crippen molar-refractivity contribution in [2.75, 3.05) is 5.32 Å². The first kappa shape index (κ1) is 24.3. The van der Waals surface area contributed by atoms with E-state index in [1.54, 1.807) is 0 Å². The number of hydrogen-bond donors (Lipinski definition) is 3. The van der Waals surface area contributed by atoms with Gasteiger partial charge in [0.15, 0.2) is 5.65 Å². The Labute approximate surface area is 217 Å². The quantitative estimate of drug-likeness (QED) is 0.259. The summed E-state index contributed by atoms with van der Waals surface area (Å²) in [4.78, 5) is 18.4. The molecule has 0 bridgehead atoms. The molecule has 0 aliphatic rings. The van der Waals surface area contributed by atoms with E-state index < -0.39 is 0 Å². The average molecular weight is 490 g/mol. The fourth-order valence-electron chi connectivity index (χ4n) is 4.66. The highest BCUT2D eigenvalue weighted by Gasteiger charge is 2.21. The lowest BCUT2D eigenvalue weighted by atomic mass is 10.1. The number of rotatable bonds is 7. The molecule has 6 nitrogen and oxygen atoms in total. The second-order valence-corrected chi connectivity index (χ2v) is 9.34. The highest BCUT2D eigenvalue weighted by molar-refractivity contribution is 6.01. The molecule has 0 fully saturated rings. The van der Waals surface area contributed by atoms with Gasteiger partial charge in [-0.25, -0.2) is 4.98 Å². The van der Waals surface area contributed by atoms with Gasteiger partial charge >= 0.3 is 0 Å². The van der Waals surface area contributed by atoms with E-state index >= 15 is 0 Å². The summed E-state index contributed by atoms with van der Waals surface area (Å²) in [6, 6.07) is 26.0. The van der Waals surface area contributed by atoms with E-state index in [0.29, 0.717) is 24.3 Å². The third kappa shape index (κ3) is 4.84. The maximum Gasteiger partial charge on any atom is 0.255 e. The molecule has 6 heteroatoms. The van der Waals surface area contributed by atoms with Gasteiger partial charge in [-0.15, -0.1) is 0 Å². The number of hydrogen-bond acceptors (Lipinski definition) is 4. The third-order valence-electron chi connectivity index (χ3n) is 6.70. The Bertz CT molecular complexity index is 1580. The molecule has 0 radical (unpaired) electrons. The molecule has 0 spiro atoms. The largest absolute Gasteiger partial charge is 0.348 e. The fourth-order valence-corrected chi connectivity index (χ4v) is 4.66. The molecule has 37 heavy (non-hydrogen) atoms. The molecule has 0 unspecified atom stereocenters. The zero-order chi connectivity index (χ0) is 25.9. The molecule has 5 rings (SSSR count). The topological polar surface area (TPSA) is 84.5 Å². The van der Waals surface area contributed by atoms with Gasteiger partial charge in [-0.1, -0.05) is 66.7 Å². The zero-order valence-corrected chi connectivity index (χ0v) is 21.4. The second-order valence-electron chi connectivity index (χ2n) is 9.34. The minimum absolute atomic E-state index is 0.177. The van der Waals surface area contributed by atoms with Crippen molar-refractivity contribution in [3.63, 3.8) is 0 Å². The maximum absolute atomic E-state index is 13.4. The van der Waals surface area contributed by atoms with Gasteiger partial charge in [0.1, 0.15) is 11.5 Å². The number of nitrogens with two attached hydrogens (primary N) is 1. The lowest BCUT2D eigenvalue weighted by Crippen LogP contribution is -2.23. The number of imidazole rings is 1. The van der Waals surface area contributed by atoms with Gasteiger partial charge in [0, 0.05) is 30.5 Å². The van der Waals surface area contributed by atoms with Crippen molar-refractivity contribution in [3.8, 4) is 11.3 Å². The van der Waals surface area contributed by atoms with Crippen LogP contribution in [0.5, 0.6) is 0 Å². The van der Waals surface area contributed by atoms with E-state index in [9.17, 15) is 4.79 Å². The van der Waals surface area contributed by atoms with Crippen molar-refractivity contribution in [3.05, 3.63) is 118 Å². The number of pyridine rings is 1. The minimum Gasteiger partial charge on any atom is -0.348 e. The van der Waals surface area contributed by atoms with Gasteiger partial charge in [-0.3, -0.25) is 9.20 Å². The Morgan fingerprint density at radius 2 is 1.57 bits per heavy atom. The Balaban J connectivity index is 1.59. The molecule has 3 aromatic carbocycles. The normalized spacial score (nSPS) is 11.0. The number of para-hydroxylation sites is 1. The van der Waals surface area contributed by atoms with E-state index in [1.165, 1.54) is 0 Å². The highest BCUT2D eigenvalue weighted by atomic mass is 16.1. The maximum atomic E-state index is 13.4. The van der Waals surface area contributed by atoms with Gasteiger partial charge in [-0.2, -0.15) is 0 Å². The number of fused-ring (bicyclic) bond motifs is 1. The third-order valence-corrected chi connectivity index (χ3v) is 6.70. The molecule has 0 aliphatic carbocycles. The standard InChI is InChI=1S/C31H31N5O/c1-20-9-4-5-14-25(20)28-30(34-27-21(2)10-6-11-22(27)3)36-16-8-15-26(29(36)35-28)31(37)33-19-24-13-7-12-23(17-24)18-32/h4-17,34H,18-19,32H2,1-3H3,(H,33,37). The summed E-state index contributed by atoms with van der Waals surface area (Å²) >= 11 is 0. The monoisotopic (exact) mass is 489 g/mol. The van der Waals surface area contributed by atoms with Crippen LogP contribution in [0.1, 0.15) is 38.2 Å². The van der Waals surface area contributed by atoms with E-state index in [1.807, 2.05) is 59.1 Å². The minimum atomic E-state index is -0.177. The predicted molar refractivity (Wildman–Crippen MR) is 150 cm³/mol. The van der Waals surface area contributed by atoms with Gasteiger partial charge in [-0.05, 0) is 60.7 Å². The van der Waals surface area contributed by atoms with Gasteiger partial charge in [0.2, 0.25) is 0 Å². The van der Waals surface area contributed by atoms with Gasteiger partial charge in [0.25, 0.3) is 5.91 Å². The molecule has 0 saturated heterocycles. The fraction of sp³-hybridized carbons (Fsp3) is 0.161. The summed E-state index contributed by atoms with van der Waals surface area (Å²) in [5.41, 5.74) is 15.2. The smallest absolute Gasteiger partial charge is 0.255 e. The Morgan fingerprint density at radius 1 is 0.865 bits per heavy atom. The van der Waals surface area contributed by atoms with Crippen LogP contribution in [0.2, 0.25) is 0 Å². The van der Waals surface area contributed by atoms with Crippen molar-refractivity contribution in [1.82, 2.24) is 14.7 Å². The molecule has 5 aromatic rings. The van der Waals surface area contributed by atoms with Gasteiger partial charge in [0.05, 0.1) is 5.56 Å². The van der Waals surface area contributed by atoms with Crippen LogP contribution < -0.4 is 16.4 Å². The number of carbonyl (C=O) groups excluding carboxylic acids is 1. The summed E-state index contributed by atoms with van der Waals surface area (Å²) in [7, 11) is 0. The SMILES string of the molecule is Cc1ccccc1-c1nc2c(C(=O)NCc3cccc(CN)c3)cccn2c1Nc1c(C)cccc1C. The molecule has 2 aromatic heterocycles. The number of benzene rings is 3. The number of nitrogens with zero attached hydrogens (tertiary/aromatic N) is 2. The number of amides is 1. The number of nitrogens with one attached hydrogen (secondary N) is 2. The lowest BCUT2D eigenvalue weighted by Gasteiger charge is -2.15. The van der Waals surface area contributed by atoms with Crippen molar-refractivity contribution in [2.45, 2.75) is 33.9 Å². The number of anilines is 2. The summed E-state index contributed by atoms with van der Waals surface area (Å²) in [5, 5.41) is 6.70. The first-order valence-corrected chi connectivity index (χ1v) is 12.4. The number of aryl methyl sites for hydroxylation is 3. The summed E-state index contributed by atoms with van der Waals surface area (Å²) in [6.45, 7) is 7.12. The van der Waals surface area contributed by atoms with E-state index in [4.69, 9.17) is 10.7 Å². The highest BCUT2D eigenvalue weighted by Crippen LogP contribution is 2.35. The molecule has 1 amide bonds. The van der Waals surface area contributed by atoms with Crippen LogP contribution in [0.3, 0.4) is 0 Å². The van der Waals surface area contributed by atoms with Crippen LogP contribution in [-0.2, 0) is 13.1 Å². The molecule has 186 valence electrons. The van der Waals surface area contributed by atoms with Crippen LogP contribution in [0.4, 0.5) is 11.5 Å². The van der Waals surface area contributed by atoms with E-state index in [2.05, 4.69) is 61.7 Å². The molecule has 0 aliphatic heterocycles. The van der Waals surface area contributed by atoms with Crippen LogP contribution in [0.25, 0.3) is 16.9 Å². The first-order chi connectivity index (χ1) is 18.0. The lowest BCUT2D eigenvalue weighted by molar-refractivity contribution is 0.0952. The predicted octanol–water partition coefficient (Wildman–Crippen LogP) is 6.06. The van der Waals surface area contributed by atoms with Crippen molar-refractivity contribution >= 4 is 23.1 Å². The Kier molecular flexibility index (Phi) is 6.75. The molecule has 0 saturated carbocycles. The van der Waals surface area contributed by atoms with Crippen molar-refractivity contribution in [1.29, 1.82) is 0 Å². The molecule has 2 heterocycles. The Hall–Kier alpha value is -4.42.